The minimum absolute atomic E-state index is 0.0535. The number of anilines is 1. The quantitative estimate of drug-likeness (QED) is 0.771. The van der Waals surface area contributed by atoms with Gasteiger partial charge >= 0.3 is 0 Å². The van der Waals surface area contributed by atoms with E-state index in [1.165, 1.54) is 0 Å². The van der Waals surface area contributed by atoms with Crippen molar-refractivity contribution in [3.63, 3.8) is 0 Å². The molecule has 0 radical (unpaired) electrons. The average Bonchev–Trinajstić information content (AvgIpc) is 2.55. The lowest BCUT2D eigenvalue weighted by Crippen LogP contribution is -2.30. The van der Waals surface area contributed by atoms with E-state index in [1.54, 1.807) is 55.6 Å². The van der Waals surface area contributed by atoms with Crippen molar-refractivity contribution in [2.24, 2.45) is 0 Å². The maximum atomic E-state index is 12.3. The highest BCUT2D eigenvalue weighted by Crippen LogP contribution is 2.22. The summed E-state index contributed by atoms with van der Waals surface area (Å²) in [6, 6.07) is 12.8. The molecule has 1 unspecified atom stereocenters. The van der Waals surface area contributed by atoms with Crippen molar-refractivity contribution in [1.82, 2.24) is 4.72 Å². The maximum Gasteiger partial charge on any atom is 0.226 e. The summed E-state index contributed by atoms with van der Waals surface area (Å²) >= 11 is 5.81. The lowest BCUT2D eigenvalue weighted by atomic mass is 10.0. The van der Waals surface area contributed by atoms with Gasteiger partial charge in [0.05, 0.1) is 19.4 Å². The predicted molar refractivity (Wildman–Crippen MR) is 98.4 cm³/mol. The smallest absolute Gasteiger partial charge is 0.226 e. The molecule has 0 aliphatic rings. The average molecular weight is 383 g/mol. The molecule has 0 bridgehead atoms. The summed E-state index contributed by atoms with van der Waals surface area (Å²) in [6.07, 6.45) is 1.00. The standard InChI is InChI=1S/C17H19ClN2O4S/c1-24-15-9-3-12(4-10-15)16(20-25(2,22)23)11-17(21)19-14-7-5-13(18)6-8-14/h3-10,16,20H,11H2,1-2H3,(H,19,21). The monoisotopic (exact) mass is 382 g/mol. The van der Waals surface area contributed by atoms with Gasteiger partial charge in [-0.25, -0.2) is 13.1 Å². The van der Waals surface area contributed by atoms with Crippen molar-refractivity contribution in [2.45, 2.75) is 12.5 Å². The molecular formula is C17H19ClN2O4S. The van der Waals surface area contributed by atoms with Crippen LogP contribution in [0.5, 0.6) is 5.75 Å². The molecule has 0 aliphatic carbocycles. The zero-order chi connectivity index (χ0) is 18.4. The molecule has 0 aliphatic heterocycles. The van der Waals surface area contributed by atoms with Crippen molar-refractivity contribution in [2.75, 3.05) is 18.7 Å². The SMILES string of the molecule is COc1ccc(C(CC(=O)Nc2ccc(Cl)cc2)NS(C)(=O)=O)cc1. The number of hydrogen-bond donors (Lipinski definition) is 2. The zero-order valence-electron chi connectivity index (χ0n) is 13.8. The molecule has 0 aromatic heterocycles. The van der Waals surface area contributed by atoms with Gasteiger partial charge < -0.3 is 10.1 Å². The van der Waals surface area contributed by atoms with Gasteiger partial charge in [0.25, 0.3) is 0 Å². The normalized spacial score (nSPS) is 12.4. The number of sulfonamides is 1. The van der Waals surface area contributed by atoms with Gasteiger partial charge in [-0.3, -0.25) is 4.79 Å². The fraction of sp³-hybridized carbons (Fsp3) is 0.235. The van der Waals surface area contributed by atoms with E-state index in [0.29, 0.717) is 22.0 Å². The summed E-state index contributed by atoms with van der Waals surface area (Å²) in [4.78, 5) is 12.3. The number of hydrogen-bond acceptors (Lipinski definition) is 4. The number of carbonyl (C=O) groups excluding carboxylic acids is 1. The van der Waals surface area contributed by atoms with E-state index < -0.39 is 16.1 Å². The van der Waals surface area contributed by atoms with Crippen LogP contribution >= 0.6 is 11.6 Å². The molecule has 0 spiro atoms. The topological polar surface area (TPSA) is 84.5 Å². The van der Waals surface area contributed by atoms with Crippen molar-refractivity contribution >= 4 is 33.2 Å². The zero-order valence-corrected chi connectivity index (χ0v) is 15.4. The van der Waals surface area contributed by atoms with Crippen molar-refractivity contribution in [1.29, 1.82) is 0 Å². The highest BCUT2D eigenvalue weighted by atomic mass is 35.5. The van der Waals surface area contributed by atoms with Gasteiger partial charge in [-0.2, -0.15) is 0 Å². The summed E-state index contributed by atoms with van der Waals surface area (Å²) in [7, 11) is -1.95. The molecule has 1 amide bonds. The lowest BCUT2D eigenvalue weighted by Gasteiger charge is -2.18. The molecule has 25 heavy (non-hydrogen) atoms. The summed E-state index contributed by atoms with van der Waals surface area (Å²) in [5.74, 6) is 0.326. The van der Waals surface area contributed by atoms with Gasteiger partial charge in [0, 0.05) is 17.1 Å². The van der Waals surface area contributed by atoms with E-state index in [0.717, 1.165) is 6.26 Å². The first kappa shape index (κ1) is 19.2. The Labute approximate surface area is 152 Å². The Morgan fingerprint density at radius 3 is 2.24 bits per heavy atom. The number of rotatable bonds is 7. The van der Waals surface area contributed by atoms with Crippen LogP contribution in [0, 0.1) is 0 Å². The second-order valence-corrected chi connectivity index (χ2v) is 7.69. The Morgan fingerprint density at radius 2 is 1.72 bits per heavy atom. The van der Waals surface area contributed by atoms with Crippen LogP contribution in [-0.4, -0.2) is 27.7 Å². The summed E-state index contributed by atoms with van der Waals surface area (Å²) in [6.45, 7) is 0. The fourth-order valence-corrected chi connectivity index (χ4v) is 3.12. The summed E-state index contributed by atoms with van der Waals surface area (Å²) in [5, 5.41) is 3.28. The van der Waals surface area contributed by atoms with Crippen LogP contribution in [0.25, 0.3) is 0 Å². The number of ether oxygens (including phenoxy) is 1. The predicted octanol–water partition coefficient (Wildman–Crippen LogP) is 2.97. The molecule has 0 heterocycles. The molecular weight excluding hydrogens is 364 g/mol. The van der Waals surface area contributed by atoms with Crippen LogP contribution in [-0.2, 0) is 14.8 Å². The lowest BCUT2D eigenvalue weighted by molar-refractivity contribution is -0.116. The van der Waals surface area contributed by atoms with Crippen molar-refractivity contribution < 1.29 is 17.9 Å². The largest absolute Gasteiger partial charge is 0.497 e. The molecule has 2 aromatic carbocycles. The molecule has 1 atom stereocenters. The molecule has 2 rings (SSSR count). The Balaban J connectivity index is 2.14. The molecule has 2 aromatic rings. The second-order valence-electron chi connectivity index (χ2n) is 5.47. The van der Waals surface area contributed by atoms with Gasteiger partial charge in [-0.15, -0.1) is 0 Å². The van der Waals surface area contributed by atoms with Crippen LogP contribution in [0.2, 0.25) is 5.02 Å². The van der Waals surface area contributed by atoms with Crippen molar-refractivity contribution in [3.05, 3.63) is 59.1 Å². The minimum Gasteiger partial charge on any atom is -0.497 e. The molecule has 6 nitrogen and oxygen atoms in total. The van der Waals surface area contributed by atoms with Gasteiger partial charge in [-0.05, 0) is 42.0 Å². The first-order valence-corrected chi connectivity index (χ1v) is 9.70. The highest BCUT2D eigenvalue weighted by Gasteiger charge is 2.20. The molecule has 0 fully saturated rings. The molecule has 134 valence electrons. The van der Waals surface area contributed by atoms with E-state index in [4.69, 9.17) is 16.3 Å². The van der Waals surface area contributed by atoms with Crippen molar-refractivity contribution in [3.8, 4) is 5.75 Å². The van der Waals surface area contributed by atoms with Crippen LogP contribution in [0.1, 0.15) is 18.0 Å². The first-order valence-electron chi connectivity index (χ1n) is 7.43. The molecule has 8 heteroatoms. The van der Waals surface area contributed by atoms with Gasteiger partial charge in [0.2, 0.25) is 15.9 Å². The fourth-order valence-electron chi connectivity index (χ4n) is 2.25. The number of carbonyl (C=O) groups is 1. The number of amides is 1. The molecule has 2 N–H and O–H groups in total. The van der Waals surface area contributed by atoms with Crippen LogP contribution in [0.4, 0.5) is 5.69 Å². The van der Waals surface area contributed by atoms with Gasteiger partial charge in [0.15, 0.2) is 0 Å². The van der Waals surface area contributed by atoms with E-state index in [-0.39, 0.29) is 12.3 Å². The van der Waals surface area contributed by atoms with E-state index >= 15 is 0 Å². The Kier molecular flexibility index (Phi) is 6.41. The number of benzene rings is 2. The van der Waals surface area contributed by atoms with E-state index in [9.17, 15) is 13.2 Å². The Bertz CT molecular complexity index is 821. The van der Waals surface area contributed by atoms with Crippen LogP contribution in [0.15, 0.2) is 48.5 Å². The van der Waals surface area contributed by atoms with Crippen LogP contribution < -0.4 is 14.8 Å². The molecule has 0 saturated heterocycles. The third kappa shape index (κ3) is 6.38. The number of methoxy groups -OCH3 is 1. The van der Waals surface area contributed by atoms with Crippen LogP contribution in [0.3, 0.4) is 0 Å². The Morgan fingerprint density at radius 1 is 1.12 bits per heavy atom. The summed E-state index contributed by atoms with van der Waals surface area (Å²) < 4.78 is 30.8. The third-order valence-electron chi connectivity index (χ3n) is 3.39. The van der Waals surface area contributed by atoms with E-state index in [1.807, 2.05) is 0 Å². The molecule has 0 saturated carbocycles. The highest BCUT2D eigenvalue weighted by molar-refractivity contribution is 7.88. The Hall–Kier alpha value is -2.09. The number of halogens is 1. The first-order chi connectivity index (χ1) is 11.8. The maximum absolute atomic E-state index is 12.3. The van der Waals surface area contributed by atoms with E-state index in [2.05, 4.69) is 10.0 Å². The van der Waals surface area contributed by atoms with Gasteiger partial charge in [0.1, 0.15) is 5.75 Å². The minimum atomic E-state index is -3.49. The van der Waals surface area contributed by atoms with Gasteiger partial charge in [-0.1, -0.05) is 23.7 Å². The second kappa shape index (κ2) is 8.33. The number of nitrogens with one attached hydrogen (secondary N) is 2. The summed E-state index contributed by atoms with van der Waals surface area (Å²) in [5.41, 5.74) is 1.25. The third-order valence-corrected chi connectivity index (χ3v) is 4.36.